The molecular weight excluding hydrogens is 569 g/mol. The molecule has 4 atom stereocenters. The summed E-state index contributed by atoms with van der Waals surface area (Å²) >= 11 is 0. The van der Waals surface area contributed by atoms with E-state index >= 15 is 0 Å². The number of halogens is 5. The Bertz CT molecular complexity index is 1440. The van der Waals surface area contributed by atoms with Crippen LogP contribution in [0.1, 0.15) is 75.5 Å². The number of likely N-dealkylation sites (tertiary alicyclic amines) is 1. The van der Waals surface area contributed by atoms with Crippen LogP contribution in [-0.2, 0) is 12.7 Å². The van der Waals surface area contributed by atoms with Gasteiger partial charge in [-0.1, -0.05) is 13.3 Å². The molecule has 2 aromatic heterocycles. The predicted octanol–water partition coefficient (Wildman–Crippen LogP) is 4.96. The van der Waals surface area contributed by atoms with Gasteiger partial charge in [-0.05, 0) is 68.5 Å². The van der Waals surface area contributed by atoms with E-state index in [0.717, 1.165) is 49.2 Å². The number of alkyl halides is 5. The molecule has 2 aliphatic heterocycles. The van der Waals surface area contributed by atoms with Crippen molar-refractivity contribution in [1.29, 1.82) is 5.26 Å². The SMILES string of the molecule is C[C@@H]1CN(Cc2cc(C(F)(F)F)c3cn(C4CCCC(C5(CC6NNCN6C)CC(C#N)C5)C4)c(=O)n3c2)CCC1(F)F. The van der Waals surface area contributed by atoms with E-state index in [9.17, 15) is 32.0 Å². The highest BCUT2D eigenvalue weighted by Crippen LogP contribution is 2.58. The molecule has 2 aromatic rings. The number of hydrogen-bond acceptors (Lipinski definition) is 6. The summed E-state index contributed by atoms with van der Waals surface area (Å²) in [5.41, 5.74) is 5.11. The first-order valence-electron chi connectivity index (χ1n) is 15.3. The summed E-state index contributed by atoms with van der Waals surface area (Å²) in [6, 6.07) is 3.22. The van der Waals surface area contributed by atoms with Gasteiger partial charge < -0.3 is 0 Å². The lowest BCUT2D eigenvalue weighted by molar-refractivity contribution is -0.136. The van der Waals surface area contributed by atoms with Gasteiger partial charge in [-0.3, -0.25) is 18.8 Å². The van der Waals surface area contributed by atoms with Crippen LogP contribution >= 0.6 is 0 Å². The van der Waals surface area contributed by atoms with Gasteiger partial charge >= 0.3 is 11.9 Å². The number of piperidine rings is 1. The van der Waals surface area contributed by atoms with Gasteiger partial charge in [0.05, 0.1) is 30.0 Å². The first-order chi connectivity index (χ1) is 20.3. The van der Waals surface area contributed by atoms with Gasteiger partial charge in [0.25, 0.3) is 5.92 Å². The molecule has 3 unspecified atom stereocenters. The molecule has 0 amide bonds. The van der Waals surface area contributed by atoms with E-state index in [1.54, 1.807) is 4.90 Å². The summed E-state index contributed by atoms with van der Waals surface area (Å²) in [5, 5.41) is 9.57. The minimum absolute atomic E-state index is 0.00159. The second-order valence-electron chi connectivity index (χ2n) is 13.6. The summed E-state index contributed by atoms with van der Waals surface area (Å²) in [6.45, 7) is 2.38. The minimum Gasteiger partial charge on any atom is -0.298 e. The van der Waals surface area contributed by atoms with Gasteiger partial charge in [-0.15, -0.1) is 0 Å². The molecule has 0 bridgehead atoms. The number of imidazole rings is 1. The normalized spacial score (nSPS) is 33.9. The smallest absolute Gasteiger partial charge is 0.298 e. The number of rotatable bonds is 6. The van der Waals surface area contributed by atoms with Crippen molar-refractivity contribution in [1.82, 2.24) is 29.6 Å². The third-order valence-electron chi connectivity index (χ3n) is 10.7. The largest absolute Gasteiger partial charge is 0.418 e. The molecule has 8 nitrogen and oxygen atoms in total. The molecule has 43 heavy (non-hydrogen) atoms. The van der Waals surface area contributed by atoms with E-state index in [4.69, 9.17) is 0 Å². The highest BCUT2D eigenvalue weighted by Gasteiger charge is 2.52. The van der Waals surface area contributed by atoms with Gasteiger partial charge in [0.1, 0.15) is 0 Å². The van der Waals surface area contributed by atoms with Gasteiger partial charge in [0.2, 0.25) is 0 Å². The van der Waals surface area contributed by atoms with Crippen LogP contribution in [0.25, 0.3) is 5.52 Å². The summed E-state index contributed by atoms with van der Waals surface area (Å²) in [4.78, 5) is 17.7. The topological polar surface area (TPSA) is 80.7 Å². The van der Waals surface area contributed by atoms with Gasteiger partial charge in [-0.2, -0.15) is 18.4 Å². The van der Waals surface area contributed by atoms with Crippen molar-refractivity contribution < 1.29 is 22.0 Å². The van der Waals surface area contributed by atoms with Crippen LogP contribution in [-0.4, -0.2) is 57.7 Å². The third-order valence-corrected chi connectivity index (χ3v) is 10.7. The maximum atomic E-state index is 14.3. The number of nitrogens with zero attached hydrogens (tertiary/aromatic N) is 5. The Morgan fingerprint density at radius 1 is 1.19 bits per heavy atom. The first kappa shape index (κ1) is 30.5. The Morgan fingerprint density at radius 3 is 2.60 bits per heavy atom. The van der Waals surface area contributed by atoms with Crippen molar-refractivity contribution >= 4 is 5.52 Å². The van der Waals surface area contributed by atoms with Crippen molar-refractivity contribution in [2.75, 3.05) is 26.8 Å². The van der Waals surface area contributed by atoms with Gasteiger partial charge in [0.15, 0.2) is 0 Å². The lowest BCUT2D eigenvalue weighted by Crippen LogP contribution is -2.50. The zero-order valence-corrected chi connectivity index (χ0v) is 24.6. The summed E-state index contributed by atoms with van der Waals surface area (Å²) < 4.78 is 73.5. The van der Waals surface area contributed by atoms with Crippen molar-refractivity contribution in [2.45, 2.75) is 89.1 Å². The van der Waals surface area contributed by atoms with E-state index in [1.165, 1.54) is 23.9 Å². The molecule has 236 valence electrons. The molecule has 4 fully saturated rings. The van der Waals surface area contributed by atoms with Crippen LogP contribution in [0.4, 0.5) is 22.0 Å². The highest BCUT2D eigenvalue weighted by atomic mass is 19.4. The molecular formula is C30H40F5N7O. The average molecular weight is 610 g/mol. The van der Waals surface area contributed by atoms with Crippen molar-refractivity contribution in [3.8, 4) is 6.07 Å². The highest BCUT2D eigenvalue weighted by molar-refractivity contribution is 5.56. The van der Waals surface area contributed by atoms with E-state index in [0.29, 0.717) is 12.8 Å². The lowest BCUT2D eigenvalue weighted by atomic mass is 9.51. The number of hydrogen-bond donors (Lipinski definition) is 2. The molecule has 0 radical (unpaired) electrons. The van der Waals surface area contributed by atoms with E-state index < -0.39 is 29.3 Å². The van der Waals surface area contributed by atoms with Crippen LogP contribution in [0.3, 0.4) is 0 Å². The second-order valence-corrected chi connectivity index (χ2v) is 13.6. The number of fused-ring (bicyclic) bond motifs is 1. The van der Waals surface area contributed by atoms with Crippen LogP contribution in [0.15, 0.2) is 23.3 Å². The fourth-order valence-electron chi connectivity index (χ4n) is 8.16. The number of nitriles is 1. The zero-order valence-electron chi connectivity index (χ0n) is 24.6. The van der Waals surface area contributed by atoms with Crippen LogP contribution in [0.5, 0.6) is 0 Å². The Balaban J connectivity index is 1.28. The Morgan fingerprint density at radius 2 is 1.95 bits per heavy atom. The zero-order chi connectivity index (χ0) is 30.7. The average Bonchev–Trinajstić information content (AvgIpc) is 3.49. The maximum absolute atomic E-state index is 14.3. The van der Waals surface area contributed by atoms with E-state index in [2.05, 4.69) is 21.8 Å². The summed E-state index contributed by atoms with van der Waals surface area (Å²) in [6.07, 6.45) is 3.53. The van der Waals surface area contributed by atoms with Crippen molar-refractivity contribution in [3.05, 3.63) is 40.1 Å². The molecule has 2 aliphatic carbocycles. The second kappa shape index (κ2) is 11.1. The van der Waals surface area contributed by atoms with Gasteiger partial charge in [-0.25, -0.2) is 24.4 Å². The molecule has 6 rings (SSSR count). The van der Waals surface area contributed by atoms with Crippen LogP contribution in [0, 0.1) is 34.5 Å². The number of aromatic nitrogens is 2. The molecule has 4 aliphatic rings. The third kappa shape index (κ3) is 5.72. The minimum atomic E-state index is -4.69. The Kier molecular flexibility index (Phi) is 7.89. The standard InChI is InChI=1S/C30H40F5N7O/c1-19-14-40(7-6-29(19,31)32)15-20-8-24(30(33,34)35)25-17-41(27(43)42(25)16-20)23-5-3-4-22(9-23)28(10-21(11-28)13-36)12-26-38-37-18-39(26)2/h8,16-17,19,21-23,26,37-38H,3-7,9-12,14-15,18H2,1-2H3/t19-,21?,22?,23?,26?,28?/m1/s1. The molecule has 0 aromatic carbocycles. The number of pyridine rings is 1. The van der Waals surface area contributed by atoms with Gasteiger partial charge in [0, 0.05) is 56.3 Å². The molecule has 2 saturated heterocycles. The van der Waals surface area contributed by atoms with Crippen LogP contribution in [0.2, 0.25) is 0 Å². The van der Waals surface area contributed by atoms with Crippen molar-refractivity contribution in [2.24, 2.45) is 23.2 Å². The number of hydrazine groups is 1. The molecule has 2 N–H and O–H groups in total. The maximum Gasteiger partial charge on any atom is 0.418 e. The quantitative estimate of drug-likeness (QED) is 0.451. The molecule has 2 saturated carbocycles. The monoisotopic (exact) mass is 609 g/mol. The first-order valence-corrected chi connectivity index (χ1v) is 15.3. The summed E-state index contributed by atoms with van der Waals surface area (Å²) in [7, 11) is 2.04. The fourth-order valence-corrected chi connectivity index (χ4v) is 8.16. The molecule has 0 spiro atoms. The fraction of sp³-hybridized carbons (Fsp3) is 0.733. The molecule has 13 heteroatoms. The molecule has 4 heterocycles. The van der Waals surface area contributed by atoms with E-state index in [-0.39, 0.29) is 66.6 Å². The lowest BCUT2D eigenvalue weighted by Gasteiger charge is -2.54. The number of nitrogens with one attached hydrogen (secondary N) is 2. The van der Waals surface area contributed by atoms with Crippen molar-refractivity contribution in [3.63, 3.8) is 0 Å². The predicted molar refractivity (Wildman–Crippen MR) is 150 cm³/mol. The summed E-state index contributed by atoms with van der Waals surface area (Å²) in [5.74, 6) is -3.45. The Labute approximate surface area is 247 Å². The van der Waals surface area contributed by atoms with Crippen LogP contribution < -0.4 is 16.5 Å². The Hall–Kier alpha value is -2.53. The van der Waals surface area contributed by atoms with E-state index in [1.807, 2.05) is 7.05 Å².